The molecular weight excluding hydrogens is 318 g/mol. The van der Waals surface area contributed by atoms with Gasteiger partial charge in [0.2, 0.25) is 0 Å². The van der Waals surface area contributed by atoms with Crippen molar-refractivity contribution in [3.05, 3.63) is 48.0 Å². The van der Waals surface area contributed by atoms with Crippen LogP contribution < -0.4 is 19.5 Å². The Labute approximate surface area is 148 Å². The van der Waals surface area contributed by atoms with Gasteiger partial charge in [-0.2, -0.15) is 0 Å². The number of benzene rings is 2. The number of unbranched alkanes of at least 4 members (excludes halogenated alkanes) is 1. The monoisotopic (exact) mass is 343 g/mol. The third-order valence-corrected chi connectivity index (χ3v) is 3.57. The molecule has 1 N–H and O–H groups in total. The van der Waals surface area contributed by atoms with Crippen molar-refractivity contribution < 1.29 is 19.0 Å². The number of carbonyl (C=O) groups excluding carboxylic acids is 1. The van der Waals surface area contributed by atoms with Gasteiger partial charge < -0.3 is 19.5 Å². The standard InChI is InChI=1S/C20H25NO4/c1-4-5-11-24-16-7-6-8-17(13-16)25-14-20(22)21-18-12-15(2)9-10-19(18)23-3/h6-10,12-13H,4-5,11,14H2,1-3H3,(H,21,22). The number of ether oxygens (including phenoxy) is 3. The highest BCUT2D eigenvalue weighted by Crippen LogP contribution is 2.25. The molecule has 0 aliphatic heterocycles. The molecule has 2 rings (SSSR count). The van der Waals surface area contributed by atoms with Crippen LogP contribution in [0.15, 0.2) is 42.5 Å². The zero-order valence-corrected chi connectivity index (χ0v) is 15.0. The van der Waals surface area contributed by atoms with Gasteiger partial charge in [-0.05, 0) is 43.2 Å². The summed E-state index contributed by atoms with van der Waals surface area (Å²) >= 11 is 0. The molecule has 134 valence electrons. The fourth-order valence-corrected chi connectivity index (χ4v) is 2.24. The molecule has 5 nitrogen and oxygen atoms in total. The van der Waals surface area contributed by atoms with Gasteiger partial charge in [0.25, 0.3) is 5.91 Å². The molecule has 0 saturated carbocycles. The SMILES string of the molecule is CCCCOc1cccc(OCC(=O)Nc2cc(C)ccc2OC)c1. The maximum absolute atomic E-state index is 12.1. The number of rotatable bonds is 9. The smallest absolute Gasteiger partial charge is 0.262 e. The second-order valence-electron chi connectivity index (χ2n) is 5.72. The fourth-order valence-electron chi connectivity index (χ4n) is 2.24. The first kappa shape index (κ1) is 18.6. The predicted octanol–water partition coefficient (Wildman–Crippen LogP) is 4.20. The molecule has 0 aliphatic rings. The number of methoxy groups -OCH3 is 1. The van der Waals surface area contributed by atoms with Gasteiger partial charge >= 0.3 is 0 Å². The minimum Gasteiger partial charge on any atom is -0.495 e. The van der Waals surface area contributed by atoms with Gasteiger partial charge in [-0.15, -0.1) is 0 Å². The number of aryl methyl sites for hydroxylation is 1. The molecule has 25 heavy (non-hydrogen) atoms. The van der Waals surface area contributed by atoms with Crippen molar-refractivity contribution in [2.24, 2.45) is 0 Å². The molecule has 0 unspecified atom stereocenters. The maximum atomic E-state index is 12.1. The fraction of sp³-hybridized carbons (Fsp3) is 0.350. The van der Waals surface area contributed by atoms with E-state index in [9.17, 15) is 4.79 Å². The third-order valence-electron chi connectivity index (χ3n) is 3.57. The van der Waals surface area contributed by atoms with Crippen LogP contribution in [0.25, 0.3) is 0 Å². The van der Waals surface area contributed by atoms with Crippen molar-refractivity contribution >= 4 is 11.6 Å². The summed E-state index contributed by atoms with van der Waals surface area (Å²) in [4.78, 5) is 12.1. The van der Waals surface area contributed by atoms with Gasteiger partial charge in [0.05, 0.1) is 19.4 Å². The van der Waals surface area contributed by atoms with Crippen LogP contribution >= 0.6 is 0 Å². The first-order chi connectivity index (χ1) is 12.1. The summed E-state index contributed by atoms with van der Waals surface area (Å²) < 4.78 is 16.4. The van der Waals surface area contributed by atoms with E-state index in [0.717, 1.165) is 24.2 Å². The number of hydrogen-bond acceptors (Lipinski definition) is 4. The van der Waals surface area contributed by atoms with Gasteiger partial charge in [0.15, 0.2) is 6.61 Å². The van der Waals surface area contributed by atoms with Crippen molar-refractivity contribution in [3.63, 3.8) is 0 Å². The number of amides is 1. The molecule has 2 aromatic carbocycles. The summed E-state index contributed by atoms with van der Waals surface area (Å²) in [6, 6.07) is 12.9. The largest absolute Gasteiger partial charge is 0.495 e. The topological polar surface area (TPSA) is 56.8 Å². The molecule has 2 aromatic rings. The summed E-state index contributed by atoms with van der Waals surface area (Å²) in [7, 11) is 1.57. The lowest BCUT2D eigenvalue weighted by atomic mass is 10.2. The highest BCUT2D eigenvalue weighted by molar-refractivity contribution is 5.93. The average Bonchev–Trinajstić information content (AvgIpc) is 2.61. The summed E-state index contributed by atoms with van der Waals surface area (Å²) in [5.74, 6) is 1.71. The first-order valence-electron chi connectivity index (χ1n) is 8.42. The Morgan fingerprint density at radius 1 is 1.08 bits per heavy atom. The van der Waals surface area contributed by atoms with Crippen LogP contribution in [-0.2, 0) is 4.79 Å². The van der Waals surface area contributed by atoms with Crippen LogP contribution in [0.1, 0.15) is 25.3 Å². The molecule has 0 aliphatic carbocycles. The second-order valence-corrected chi connectivity index (χ2v) is 5.72. The number of nitrogens with one attached hydrogen (secondary N) is 1. The molecule has 0 radical (unpaired) electrons. The van der Waals surface area contributed by atoms with Crippen LogP contribution in [0.2, 0.25) is 0 Å². The zero-order chi connectivity index (χ0) is 18.1. The van der Waals surface area contributed by atoms with E-state index in [1.807, 2.05) is 37.3 Å². The Hall–Kier alpha value is -2.69. The molecule has 0 spiro atoms. The van der Waals surface area contributed by atoms with E-state index in [1.54, 1.807) is 19.2 Å². The summed E-state index contributed by atoms with van der Waals surface area (Å²) in [5, 5.41) is 2.81. The Kier molecular flexibility index (Phi) is 7.14. The molecule has 0 fully saturated rings. The van der Waals surface area contributed by atoms with Gasteiger partial charge in [-0.1, -0.05) is 25.5 Å². The predicted molar refractivity (Wildman–Crippen MR) is 98.7 cm³/mol. The first-order valence-corrected chi connectivity index (χ1v) is 8.42. The van der Waals surface area contributed by atoms with Crippen LogP contribution in [0.4, 0.5) is 5.69 Å². The van der Waals surface area contributed by atoms with Crippen molar-refractivity contribution in [2.75, 3.05) is 25.6 Å². The third kappa shape index (κ3) is 6.03. The van der Waals surface area contributed by atoms with Gasteiger partial charge in [-0.3, -0.25) is 4.79 Å². The van der Waals surface area contributed by atoms with E-state index in [-0.39, 0.29) is 12.5 Å². The van der Waals surface area contributed by atoms with E-state index in [0.29, 0.717) is 23.8 Å². The maximum Gasteiger partial charge on any atom is 0.262 e. The molecule has 5 heteroatoms. The van der Waals surface area contributed by atoms with Crippen LogP contribution in [0.3, 0.4) is 0 Å². The van der Waals surface area contributed by atoms with Gasteiger partial charge in [-0.25, -0.2) is 0 Å². The summed E-state index contributed by atoms with van der Waals surface area (Å²) in [6.45, 7) is 4.66. The van der Waals surface area contributed by atoms with E-state index < -0.39 is 0 Å². The lowest BCUT2D eigenvalue weighted by molar-refractivity contribution is -0.118. The summed E-state index contributed by atoms with van der Waals surface area (Å²) in [5.41, 5.74) is 1.67. The lowest BCUT2D eigenvalue weighted by Gasteiger charge is -2.12. The Morgan fingerprint density at radius 3 is 2.56 bits per heavy atom. The van der Waals surface area contributed by atoms with E-state index in [4.69, 9.17) is 14.2 Å². The number of hydrogen-bond donors (Lipinski definition) is 1. The van der Waals surface area contributed by atoms with Gasteiger partial charge in [0.1, 0.15) is 17.2 Å². The molecule has 0 aromatic heterocycles. The lowest BCUT2D eigenvalue weighted by Crippen LogP contribution is -2.20. The van der Waals surface area contributed by atoms with Crippen LogP contribution in [0.5, 0.6) is 17.2 Å². The molecule has 0 atom stereocenters. The average molecular weight is 343 g/mol. The molecule has 1 amide bonds. The van der Waals surface area contributed by atoms with Crippen molar-refractivity contribution in [1.82, 2.24) is 0 Å². The van der Waals surface area contributed by atoms with Crippen molar-refractivity contribution in [2.45, 2.75) is 26.7 Å². The molecular formula is C20H25NO4. The van der Waals surface area contributed by atoms with Crippen LogP contribution in [-0.4, -0.2) is 26.2 Å². The summed E-state index contributed by atoms with van der Waals surface area (Å²) in [6.07, 6.45) is 2.09. The van der Waals surface area contributed by atoms with Gasteiger partial charge in [0, 0.05) is 6.07 Å². The van der Waals surface area contributed by atoms with Crippen molar-refractivity contribution in [3.8, 4) is 17.2 Å². The molecule has 0 bridgehead atoms. The zero-order valence-electron chi connectivity index (χ0n) is 15.0. The Balaban J connectivity index is 1.90. The quantitative estimate of drug-likeness (QED) is 0.693. The van der Waals surface area contributed by atoms with E-state index in [2.05, 4.69) is 12.2 Å². The number of carbonyl (C=O) groups is 1. The van der Waals surface area contributed by atoms with E-state index in [1.165, 1.54) is 0 Å². The second kappa shape index (κ2) is 9.57. The van der Waals surface area contributed by atoms with E-state index >= 15 is 0 Å². The Morgan fingerprint density at radius 2 is 1.84 bits per heavy atom. The Bertz CT molecular complexity index is 700. The van der Waals surface area contributed by atoms with Crippen molar-refractivity contribution in [1.29, 1.82) is 0 Å². The minimum absolute atomic E-state index is 0.0878. The molecule has 0 saturated heterocycles. The highest BCUT2D eigenvalue weighted by atomic mass is 16.5. The number of anilines is 1. The minimum atomic E-state index is -0.249. The normalized spacial score (nSPS) is 10.2. The molecule has 0 heterocycles. The highest BCUT2D eigenvalue weighted by Gasteiger charge is 2.09. The van der Waals surface area contributed by atoms with Crippen LogP contribution in [0, 0.1) is 6.92 Å².